The number of rotatable bonds is 6. The molecule has 1 saturated heterocycles. The van der Waals surface area contributed by atoms with E-state index in [0.29, 0.717) is 19.6 Å². The van der Waals surface area contributed by atoms with Crippen molar-refractivity contribution < 1.29 is 20.1 Å². The number of benzene rings is 2. The molecule has 0 saturated carbocycles. The molecule has 0 radical (unpaired) electrons. The highest BCUT2D eigenvalue weighted by Crippen LogP contribution is 2.37. The molecule has 1 aliphatic rings. The van der Waals surface area contributed by atoms with E-state index in [0.717, 1.165) is 30.0 Å². The zero-order chi connectivity index (χ0) is 19.4. The molecule has 2 aromatic rings. The first-order valence-corrected chi connectivity index (χ1v) is 9.32. The lowest BCUT2D eigenvalue weighted by Crippen LogP contribution is -2.30. The maximum absolute atomic E-state index is 13.0. The van der Waals surface area contributed by atoms with E-state index in [-0.39, 0.29) is 40.6 Å². The van der Waals surface area contributed by atoms with Crippen molar-refractivity contribution in [2.24, 2.45) is 0 Å². The van der Waals surface area contributed by atoms with Crippen LogP contribution in [0.3, 0.4) is 0 Å². The van der Waals surface area contributed by atoms with E-state index in [1.54, 1.807) is 4.90 Å². The van der Waals surface area contributed by atoms with Gasteiger partial charge in [-0.1, -0.05) is 35.9 Å². The van der Waals surface area contributed by atoms with Crippen LogP contribution < -0.4 is 5.32 Å². The van der Waals surface area contributed by atoms with Crippen LogP contribution in [0.5, 0.6) is 11.5 Å². The van der Waals surface area contributed by atoms with E-state index in [2.05, 4.69) is 11.4 Å². The second kappa shape index (κ2) is 8.61. The molecule has 0 spiro atoms. The van der Waals surface area contributed by atoms with Crippen molar-refractivity contribution in [2.45, 2.75) is 25.4 Å². The summed E-state index contributed by atoms with van der Waals surface area (Å²) in [6.07, 6.45) is 1.71. The van der Waals surface area contributed by atoms with Gasteiger partial charge in [-0.05, 0) is 30.0 Å². The minimum Gasteiger partial charge on any atom is -0.507 e. The fraction of sp³-hybridized carbons (Fsp3) is 0.350. The zero-order valence-corrected chi connectivity index (χ0v) is 15.6. The molecular formula is C20H23ClN2O4. The molecule has 1 amide bonds. The molecule has 0 aromatic heterocycles. The Balaban J connectivity index is 1.82. The van der Waals surface area contributed by atoms with E-state index >= 15 is 0 Å². The van der Waals surface area contributed by atoms with Gasteiger partial charge in [-0.15, -0.1) is 0 Å². The van der Waals surface area contributed by atoms with Gasteiger partial charge in [0.2, 0.25) is 0 Å². The summed E-state index contributed by atoms with van der Waals surface area (Å²) in [5, 5.41) is 31.7. The lowest BCUT2D eigenvalue weighted by Gasteiger charge is -2.26. The van der Waals surface area contributed by atoms with Crippen LogP contribution in [0, 0.1) is 0 Å². The van der Waals surface area contributed by atoms with Crippen LogP contribution in [-0.2, 0) is 6.54 Å². The topological polar surface area (TPSA) is 93.0 Å². The first-order valence-electron chi connectivity index (χ1n) is 8.94. The van der Waals surface area contributed by atoms with Crippen LogP contribution in [0.25, 0.3) is 0 Å². The van der Waals surface area contributed by atoms with Crippen molar-refractivity contribution in [3.05, 3.63) is 58.1 Å². The van der Waals surface area contributed by atoms with Crippen molar-refractivity contribution in [1.82, 2.24) is 10.2 Å². The fourth-order valence-corrected chi connectivity index (χ4v) is 3.62. The number of nitrogens with zero attached hydrogens (tertiary/aromatic N) is 1. The quantitative estimate of drug-likeness (QED) is 0.569. The summed E-state index contributed by atoms with van der Waals surface area (Å²) in [6.45, 7) is 1.85. The minimum atomic E-state index is -0.305. The lowest BCUT2D eigenvalue weighted by atomic mass is 10.0. The largest absolute Gasteiger partial charge is 0.507 e. The number of carbonyl (C=O) groups excluding carboxylic acids is 1. The van der Waals surface area contributed by atoms with Crippen molar-refractivity contribution in [3.63, 3.8) is 0 Å². The van der Waals surface area contributed by atoms with E-state index in [9.17, 15) is 15.0 Å². The standard InChI is InChI=1S/C20H23ClN2O4/c21-16-10-15(18(25)11-19(16)26)20(27)23-7-2-5-17(23)14-4-1-3-13(9-14)12-22-6-8-24/h1,3-4,9-11,17,22,24-26H,2,5-8,12H2. The van der Waals surface area contributed by atoms with Gasteiger partial charge in [-0.25, -0.2) is 0 Å². The van der Waals surface area contributed by atoms with E-state index in [1.165, 1.54) is 6.07 Å². The molecule has 1 unspecified atom stereocenters. The summed E-state index contributed by atoms with van der Waals surface area (Å²) in [5.41, 5.74) is 2.20. The summed E-state index contributed by atoms with van der Waals surface area (Å²) < 4.78 is 0. The second-order valence-corrected chi connectivity index (χ2v) is 7.03. The van der Waals surface area contributed by atoms with E-state index < -0.39 is 0 Å². The fourth-order valence-electron chi connectivity index (χ4n) is 3.46. The summed E-state index contributed by atoms with van der Waals surface area (Å²) in [7, 11) is 0. The summed E-state index contributed by atoms with van der Waals surface area (Å²) >= 11 is 5.91. The van der Waals surface area contributed by atoms with Crippen LogP contribution in [-0.4, -0.2) is 45.8 Å². The average Bonchev–Trinajstić information content (AvgIpc) is 3.14. The summed E-state index contributed by atoms with van der Waals surface area (Å²) in [5.74, 6) is -0.845. The Labute approximate surface area is 163 Å². The highest BCUT2D eigenvalue weighted by molar-refractivity contribution is 6.32. The molecule has 1 aliphatic heterocycles. The Morgan fingerprint density at radius 3 is 2.81 bits per heavy atom. The first-order chi connectivity index (χ1) is 13.0. The van der Waals surface area contributed by atoms with Gasteiger partial charge < -0.3 is 25.5 Å². The maximum Gasteiger partial charge on any atom is 0.258 e. The number of phenols is 2. The van der Waals surface area contributed by atoms with Gasteiger partial charge in [0.1, 0.15) is 11.5 Å². The van der Waals surface area contributed by atoms with Crippen molar-refractivity contribution in [3.8, 4) is 11.5 Å². The van der Waals surface area contributed by atoms with Gasteiger partial charge in [-0.3, -0.25) is 4.79 Å². The molecule has 2 aromatic carbocycles. The van der Waals surface area contributed by atoms with E-state index in [1.807, 2.05) is 18.2 Å². The molecule has 0 aliphatic carbocycles. The number of phenolic OH excluding ortho intramolecular Hbond substituents is 2. The molecule has 0 bridgehead atoms. The SMILES string of the molecule is O=C(c1cc(Cl)c(O)cc1O)N1CCCC1c1cccc(CNCCO)c1. The number of halogens is 1. The molecular weight excluding hydrogens is 368 g/mol. The number of aliphatic hydroxyl groups is 1. The smallest absolute Gasteiger partial charge is 0.258 e. The molecule has 1 atom stereocenters. The Bertz CT molecular complexity index is 828. The molecule has 4 N–H and O–H groups in total. The molecule has 3 rings (SSSR count). The van der Waals surface area contributed by atoms with Crippen LogP contribution >= 0.6 is 11.6 Å². The van der Waals surface area contributed by atoms with E-state index in [4.69, 9.17) is 16.7 Å². The highest BCUT2D eigenvalue weighted by atomic mass is 35.5. The predicted octanol–water partition coefficient (Wildman–Crippen LogP) is 2.81. The number of nitrogens with one attached hydrogen (secondary N) is 1. The van der Waals surface area contributed by atoms with Crippen molar-refractivity contribution in [2.75, 3.05) is 19.7 Å². The normalized spacial score (nSPS) is 16.7. The molecule has 1 heterocycles. The van der Waals surface area contributed by atoms with Crippen LogP contribution in [0.4, 0.5) is 0 Å². The Kier molecular flexibility index (Phi) is 6.21. The Morgan fingerprint density at radius 1 is 1.22 bits per heavy atom. The number of hydrogen-bond donors (Lipinski definition) is 4. The van der Waals surface area contributed by atoms with Crippen LogP contribution in [0.15, 0.2) is 36.4 Å². The summed E-state index contributed by atoms with van der Waals surface area (Å²) in [6, 6.07) is 10.3. The zero-order valence-electron chi connectivity index (χ0n) is 14.9. The molecule has 7 heteroatoms. The van der Waals surface area contributed by atoms with Gasteiger partial charge in [0.15, 0.2) is 0 Å². The van der Waals surface area contributed by atoms with Crippen LogP contribution in [0.2, 0.25) is 5.02 Å². The Morgan fingerprint density at radius 2 is 2.04 bits per heavy atom. The molecule has 144 valence electrons. The third-order valence-corrected chi connectivity index (χ3v) is 5.07. The number of aromatic hydroxyl groups is 2. The number of likely N-dealkylation sites (tertiary alicyclic amines) is 1. The van der Waals surface area contributed by atoms with Gasteiger partial charge in [-0.2, -0.15) is 0 Å². The number of aliphatic hydroxyl groups excluding tert-OH is 1. The van der Waals surface area contributed by atoms with Gasteiger partial charge in [0.05, 0.1) is 23.2 Å². The third-order valence-electron chi connectivity index (χ3n) is 4.76. The maximum atomic E-state index is 13.0. The Hall–Kier alpha value is -2.28. The van der Waals surface area contributed by atoms with Crippen molar-refractivity contribution >= 4 is 17.5 Å². The average molecular weight is 391 g/mol. The molecule has 1 fully saturated rings. The van der Waals surface area contributed by atoms with Gasteiger partial charge in [0, 0.05) is 25.7 Å². The third kappa shape index (κ3) is 4.35. The van der Waals surface area contributed by atoms with Gasteiger partial charge in [0.25, 0.3) is 5.91 Å². The minimum absolute atomic E-state index is 0.0313. The molecule has 27 heavy (non-hydrogen) atoms. The second-order valence-electron chi connectivity index (χ2n) is 6.62. The number of carbonyl (C=O) groups is 1. The highest BCUT2D eigenvalue weighted by Gasteiger charge is 2.32. The molecule has 6 nitrogen and oxygen atoms in total. The lowest BCUT2D eigenvalue weighted by molar-refractivity contribution is 0.0732. The number of amides is 1. The predicted molar refractivity (Wildman–Crippen MR) is 103 cm³/mol. The van der Waals surface area contributed by atoms with Gasteiger partial charge >= 0.3 is 0 Å². The monoisotopic (exact) mass is 390 g/mol. The van der Waals surface area contributed by atoms with Crippen LogP contribution in [0.1, 0.15) is 40.4 Å². The van der Waals surface area contributed by atoms with Crippen molar-refractivity contribution in [1.29, 1.82) is 0 Å². The first kappa shape index (κ1) is 19.5. The summed E-state index contributed by atoms with van der Waals surface area (Å²) in [4.78, 5) is 14.7. The number of hydrogen-bond acceptors (Lipinski definition) is 5.